The predicted octanol–water partition coefficient (Wildman–Crippen LogP) is 1.11. The quantitative estimate of drug-likeness (QED) is 0.866. The molecule has 7 heteroatoms. The Morgan fingerprint density at radius 1 is 1.37 bits per heavy atom. The third-order valence-electron chi connectivity index (χ3n) is 2.50. The minimum Gasteiger partial charge on any atom is -0.477 e. The van der Waals surface area contributed by atoms with E-state index in [1.165, 1.54) is 24.3 Å². The fraction of sp³-hybridized carbons (Fsp3) is 0.0833. The summed E-state index contributed by atoms with van der Waals surface area (Å²) in [5, 5.41) is 11.6. The molecule has 98 valence electrons. The first-order valence-electron chi connectivity index (χ1n) is 5.33. The number of rotatable bonds is 3. The summed E-state index contributed by atoms with van der Waals surface area (Å²) in [6, 6.07) is 5.08. The van der Waals surface area contributed by atoms with Crippen molar-refractivity contribution in [1.82, 2.24) is 9.55 Å². The number of halogens is 1. The Kier molecular flexibility index (Phi) is 3.28. The van der Waals surface area contributed by atoms with Gasteiger partial charge in [-0.15, -0.1) is 0 Å². The monoisotopic (exact) mass is 263 g/mol. The summed E-state index contributed by atoms with van der Waals surface area (Å²) in [7, 11) is 1.54. The summed E-state index contributed by atoms with van der Waals surface area (Å²) in [5.41, 5.74) is -0.867. The zero-order valence-electron chi connectivity index (χ0n) is 9.92. The van der Waals surface area contributed by atoms with Gasteiger partial charge >= 0.3 is 5.97 Å². The van der Waals surface area contributed by atoms with Crippen molar-refractivity contribution in [3.05, 3.63) is 52.2 Å². The first kappa shape index (κ1) is 12.7. The Hall–Kier alpha value is -2.70. The molecule has 0 radical (unpaired) electrons. The lowest BCUT2D eigenvalue weighted by atomic mass is 10.3. The van der Waals surface area contributed by atoms with Crippen LogP contribution in [0.4, 0.5) is 10.3 Å². The molecule has 1 aromatic carbocycles. The van der Waals surface area contributed by atoms with Crippen molar-refractivity contribution < 1.29 is 14.3 Å². The molecule has 0 aliphatic rings. The van der Waals surface area contributed by atoms with Crippen molar-refractivity contribution >= 4 is 11.9 Å². The number of carboxylic acid groups (broad SMARTS) is 1. The molecule has 1 heterocycles. The first-order chi connectivity index (χ1) is 9.04. The zero-order chi connectivity index (χ0) is 14.0. The topological polar surface area (TPSA) is 84.2 Å². The molecular formula is C12H10FN3O3. The molecule has 2 rings (SSSR count). The van der Waals surface area contributed by atoms with Gasteiger partial charge in [0.05, 0.1) is 11.9 Å². The molecule has 0 atom stereocenters. The second-order valence-electron chi connectivity index (χ2n) is 3.67. The van der Waals surface area contributed by atoms with Gasteiger partial charge in [0.2, 0.25) is 5.95 Å². The van der Waals surface area contributed by atoms with Gasteiger partial charge in [-0.1, -0.05) is 0 Å². The first-order valence-corrected chi connectivity index (χ1v) is 5.33. The Balaban J connectivity index is 2.73. The highest BCUT2D eigenvalue weighted by molar-refractivity contribution is 5.87. The normalized spacial score (nSPS) is 10.2. The summed E-state index contributed by atoms with van der Waals surface area (Å²) in [5.74, 6) is -1.65. The van der Waals surface area contributed by atoms with Gasteiger partial charge in [-0.2, -0.15) is 0 Å². The third-order valence-corrected chi connectivity index (χ3v) is 2.50. The predicted molar refractivity (Wildman–Crippen MR) is 66.3 cm³/mol. The highest BCUT2D eigenvalue weighted by atomic mass is 19.1. The maximum Gasteiger partial charge on any atom is 0.342 e. The highest BCUT2D eigenvalue weighted by Gasteiger charge is 2.15. The second-order valence-corrected chi connectivity index (χ2v) is 3.67. The van der Waals surface area contributed by atoms with Crippen LogP contribution < -0.4 is 10.9 Å². The van der Waals surface area contributed by atoms with Crippen LogP contribution in [-0.4, -0.2) is 27.7 Å². The van der Waals surface area contributed by atoms with E-state index in [4.69, 9.17) is 5.11 Å². The summed E-state index contributed by atoms with van der Waals surface area (Å²) < 4.78 is 14.0. The number of aromatic carboxylic acids is 1. The van der Waals surface area contributed by atoms with Gasteiger partial charge in [-0.3, -0.25) is 4.79 Å². The zero-order valence-corrected chi connectivity index (χ0v) is 9.92. The number of nitrogens with zero attached hydrogens (tertiary/aromatic N) is 2. The van der Waals surface area contributed by atoms with E-state index < -0.39 is 22.9 Å². The number of hydrogen-bond acceptors (Lipinski definition) is 4. The average Bonchev–Trinajstić information content (AvgIpc) is 2.39. The molecule has 0 bridgehead atoms. The lowest BCUT2D eigenvalue weighted by Gasteiger charge is -2.11. The van der Waals surface area contributed by atoms with Crippen molar-refractivity contribution in [3.8, 4) is 5.69 Å². The molecule has 0 unspecified atom stereocenters. The average molecular weight is 263 g/mol. The maximum atomic E-state index is 12.9. The molecule has 0 saturated carbocycles. The maximum absolute atomic E-state index is 12.9. The van der Waals surface area contributed by atoms with Crippen LogP contribution in [-0.2, 0) is 0 Å². The summed E-state index contributed by atoms with van der Waals surface area (Å²) in [6.45, 7) is 0. The van der Waals surface area contributed by atoms with Crippen LogP contribution in [0.25, 0.3) is 5.69 Å². The second kappa shape index (κ2) is 4.89. The van der Waals surface area contributed by atoms with Gasteiger partial charge in [0.25, 0.3) is 5.56 Å². The molecule has 2 aromatic rings. The fourth-order valence-electron chi connectivity index (χ4n) is 1.61. The molecule has 0 aliphatic carbocycles. The van der Waals surface area contributed by atoms with Gasteiger partial charge in [0, 0.05) is 7.05 Å². The standard InChI is InChI=1S/C12H10FN3O3/c1-14-12-15-6-9(11(18)19)10(17)16(12)8-4-2-7(13)3-5-8/h2-6H,1H3,(H,14,15)(H,18,19). The fourth-order valence-corrected chi connectivity index (χ4v) is 1.61. The van der Waals surface area contributed by atoms with Crippen molar-refractivity contribution in [2.75, 3.05) is 12.4 Å². The van der Waals surface area contributed by atoms with Gasteiger partial charge in [-0.05, 0) is 24.3 Å². The molecule has 0 amide bonds. The summed E-state index contributed by atoms with van der Waals surface area (Å²) >= 11 is 0. The van der Waals surface area contributed by atoms with Crippen molar-refractivity contribution in [2.45, 2.75) is 0 Å². The third kappa shape index (κ3) is 2.30. The largest absolute Gasteiger partial charge is 0.477 e. The van der Waals surface area contributed by atoms with E-state index >= 15 is 0 Å². The van der Waals surface area contributed by atoms with Crippen LogP contribution in [0.15, 0.2) is 35.3 Å². The van der Waals surface area contributed by atoms with Crippen LogP contribution in [0.2, 0.25) is 0 Å². The van der Waals surface area contributed by atoms with E-state index in [-0.39, 0.29) is 5.95 Å². The Morgan fingerprint density at radius 2 is 2.00 bits per heavy atom. The van der Waals surface area contributed by atoms with Crippen molar-refractivity contribution in [1.29, 1.82) is 0 Å². The summed E-state index contributed by atoms with van der Waals surface area (Å²) in [4.78, 5) is 26.9. The molecular weight excluding hydrogens is 253 g/mol. The molecule has 6 nitrogen and oxygen atoms in total. The van der Waals surface area contributed by atoms with Crippen LogP contribution in [0.1, 0.15) is 10.4 Å². The Bertz CT molecular complexity index is 680. The number of anilines is 1. The SMILES string of the molecule is CNc1ncc(C(=O)O)c(=O)n1-c1ccc(F)cc1. The van der Waals surface area contributed by atoms with E-state index in [0.717, 1.165) is 10.8 Å². The van der Waals surface area contributed by atoms with Gasteiger partial charge in [0.1, 0.15) is 11.4 Å². The van der Waals surface area contributed by atoms with Crippen LogP contribution >= 0.6 is 0 Å². The van der Waals surface area contributed by atoms with Crippen molar-refractivity contribution in [2.24, 2.45) is 0 Å². The minimum absolute atomic E-state index is 0.168. The Morgan fingerprint density at radius 3 is 2.53 bits per heavy atom. The van der Waals surface area contributed by atoms with E-state index in [1.54, 1.807) is 7.05 Å². The molecule has 1 aromatic heterocycles. The molecule has 0 aliphatic heterocycles. The van der Waals surface area contributed by atoms with E-state index in [0.29, 0.717) is 5.69 Å². The van der Waals surface area contributed by atoms with Gasteiger partial charge < -0.3 is 10.4 Å². The molecule has 0 fully saturated rings. The van der Waals surface area contributed by atoms with Crippen molar-refractivity contribution in [3.63, 3.8) is 0 Å². The van der Waals surface area contributed by atoms with Gasteiger partial charge in [0.15, 0.2) is 0 Å². The number of nitrogens with one attached hydrogen (secondary N) is 1. The lowest BCUT2D eigenvalue weighted by Crippen LogP contribution is -2.28. The Labute approximate surface area is 107 Å². The number of benzene rings is 1. The lowest BCUT2D eigenvalue weighted by molar-refractivity contribution is 0.0694. The van der Waals surface area contributed by atoms with Crippen LogP contribution in [0.3, 0.4) is 0 Å². The number of hydrogen-bond donors (Lipinski definition) is 2. The van der Waals surface area contributed by atoms with E-state index in [9.17, 15) is 14.0 Å². The molecule has 2 N–H and O–H groups in total. The summed E-state index contributed by atoms with van der Waals surface area (Å²) in [6.07, 6.45) is 0.983. The highest BCUT2D eigenvalue weighted by Crippen LogP contribution is 2.12. The number of carbonyl (C=O) groups is 1. The minimum atomic E-state index is -1.36. The smallest absolute Gasteiger partial charge is 0.342 e. The number of aromatic nitrogens is 2. The van der Waals surface area contributed by atoms with Crippen LogP contribution in [0, 0.1) is 5.82 Å². The number of carboxylic acids is 1. The molecule has 0 spiro atoms. The van der Waals surface area contributed by atoms with Gasteiger partial charge in [-0.25, -0.2) is 18.7 Å². The molecule has 0 saturated heterocycles. The van der Waals surface area contributed by atoms with Crippen LogP contribution in [0.5, 0.6) is 0 Å². The molecule has 19 heavy (non-hydrogen) atoms. The van der Waals surface area contributed by atoms with E-state index in [1.807, 2.05) is 0 Å². The van der Waals surface area contributed by atoms with E-state index in [2.05, 4.69) is 10.3 Å².